The largest absolute Gasteiger partial charge is 0.279 e. The van der Waals surface area contributed by atoms with E-state index in [1.54, 1.807) is 20.0 Å². The van der Waals surface area contributed by atoms with Crippen LogP contribution in [0.4, 0.5) is 5.82 Å². The molecule has 0 aromatic carbocycles. The number of H-pyrrole nitrogens is 1. The summed E-state index contributed by atoms with van der Waals surface area (Å²) in [7, 11) is -1.94. The van der Waals surface area contributed by atoms with Gasteiger partial charge in [-0.1, -0.05) is 0 Å². The summed E-state index contributed by atoms with van der Waals surface area (Å²) in [6, 6.07) is 3.03. The lowest BCUT2D eigenvalue weighted by Crippen LogP contribution is -2.15. The fourth-order valence-corrected chi connectivity index (χ4v) is 2.28. The van der Waals surface area contributed by atoms with Crippen LogP contribution in [0.1, 0.15) is 5.69 Å². The molecule has 2 aromatic heterocycles. The number of aromatic amines is 1. The lowest BCUT2D eigenvalue weighted by molar-refractivity contribution is 0.596. The average molecular weight is 241 g/mol. The molecular weight excluding hydrogens is 230 g/mol. The van der Waals surface area contributed by atoms with Crippen LogP contribution in [0, 0.1) is 6.92 Å². The molecule has 2 N–H and O–H groups in total. The van der Waals surface area contributed by atoms with Crippen molar-refractivity contribution < 1.29 is 8.42 Å². The summed E-state index contributed by atoms with van der Waals surface area (Å²) >= 11 is 0. The van der Waals surface area contributed by atoms with E-state index in [-0.39, 0.29) is 5.03 Å². The second-order valence-corrected chi connectivity index (χ2v) is 4.97. The van der Waals surface area contributed by atoms with E-state index in [0.717, 1.165) is 5.69 Å². The number of nitrogens with zero attached hydrogens (tertiary/aromatic N) is 3. The number of nitrogens with one attached hydrogen (secondary N) is 2. The predicted octanol–water partition coefficient (Wildman–Crippen LogP) is 0.252. The van der Waals surface area contributed by atoms with E-state index in [1.165, 1.54) is 16.9 Å². The zero-order chi connectivity index (χ0) is 11.8. The number of sulfonamides is 1. The minimum atomic E-state index is -3.61. The number of hydrogen-bond acceptors (Lipinski definition) is 4. The lowest BCUT2D eigenvalue weighted by atomic mass is 10.5. The molecule has 2 aromatic rings. The molecule has 0 atom stereocenters. The van der Waals surface area contributed by atoms with E-state index >= 15 is 0 Å². The Kier molecular flexibility index (Phi) is 2.43. The maximum Gasteiger partial charge on any atom is 0.279 e. The SMILES string of the molecule is Cc1cc(NS(=O)(=O)c2ccn[nH]2)n(C)n1. The second-order valence-electron chi connectivity index (χ2n) is 3.32. The van der Waals surface area contributed by atoms with Crippen LogP contribution in [0.5, 0.6) is 0 Å². The van der Waals surface area contributed by atoms with E-state index in [0.29, 0.717) is 5.82 Å². The monoisotopic (exact) mass is 241 g/mol. The van der Waals surface area contributed by atoms with Crippen molar-refractivity contribution in [3.8, 4) is 0 Å². The zero-order valence-electron chi connectivity index (χ0n) is 8.80. The molecule has 16 heavy (non-hydrogen) atoms. The van der Waals surface area contributed by atoms with Gasteiger partial charge >= 0.3 is 0 Å². The number of aryl methyl sites for hydroxylation is 2. The maximum atomic E-state index is 11.8. The highest BCUT2D eigenvalue weighted by Crippen LogP contribution is 2.13. The van der Waals surface area contributed by atoms with Crippen molar-refractivity contribution in [2.45, 2.75) is 11.9 Å². The molecule has 2 heterocycles. The predicted molar refractivity (Wildman–Crippen MR) is 57.3 cm³/mol. The minimum Gasteiger partial charge on any atom is -0.266 e. The number of anilines is 1. The van der Waals surface area contributed by atoms with Gasteiger partial charge in [0.2, 0.25) is 0 Å². The molecule has 8 heteroatoms. The molecule has 0 unspecified atom stereocenters. The number of hydrogen-bond donors (Lipinski definition) is 2. The normalized spacial score (nSPS) is 11.6. The van der Waals surface area contributed by atoms with Gasteiger partial charge in [0.15, 0.2) is 5.03 Å². The molecule has 7 nitrogen and oxygen atoms in total. The maximum absolute atomic E-state index is 11.8. The Bertz CT molecular complexity index is 584. The quantitative estimate of drug-likeness (QED) is 0.805. The van der Waals surface area contributed by atoms with E-state index in [1.807, 2.05) is 0 Å². The van der Waals surface area contributed by atoms with Gasteiger partial charge in [0.05, 0.1) is 11.9 Å². The summed E-state index contributed by atoms with van der Waals surface area (Å²) < 4.78 is 27.5. The first kappa shape index (κ1) is 10.7. The molecule has 86 valence electrons. The van der Waals surface area contributed by atoms with Crippen molar-refractivity contribution >= 4 is 15.8 Å². The van der Waals surface area contributed by atoms with Gasteiger partial charge in [0, 0.05) is 13.1 Å². The summed E-state index contributed by atoms with van der Waals surface area (Å²) in [6.07, 6.45) is 1.38. The molecular formula is C8H11N5O2S. The third kappa shape index (κ3) is 1.91. The number of rotatable bonds is 3. The first-order valence-corrected chi connectivity index (χ1v) is 6.00. The molecule has 0 fully saturated rings. The van der Waals surface area contributed by atoms with E-state index < -0.39 is 10.0 Å². The van der Waals surface area contributed by atoms with Gasteiger partial charge in [-0.25, -0.2) is 0 Å². The molecule has 0 radical (unpaired) electrons. The lowest BCUT2D eigenvalue weighted by Gasteiger charge is -2.05. The van der Waals surface area contributed by atoms with Gasteiger partial charge < -0.3 is 0 Å². The van der Waals surface area contributed by atoms with E-state index in [4.69, 9.17) is 0 Å². The molecule has 0 amide bonds. The Morgan fingerprint density at radius 3 is 2.75 bits per heavy atom. The first-order chi connectivity index (χ1) is 7.49. The van der Waals surface area contributed by atoms with E-state index in [2.05, 4.69) is 20.0 Å². The van der Waals surface area contributed by atoms with Crippen molar-refractivity contribution in [1.82, 2.24) is 20.0 Å². The van der Waals surface area contributed by atoms with Gasteiger partial charge in [-0.2, -0.15) is 18.6 Å². The molecule has 0 bridgehead atoms. The van der Waals surface area contributed by atoms with Crippen LogP contribution in [-0.4, -0.2) is 28.4 Å². The average Bonchev–Trinajstić information content (AvgIpc) is 2.76. The van der Waals surface area contributed by atoms with Crippen LogP contribution in [-0.2, 0) is 17.1 Å². The van der Waals surface area contributed by atoms with Crippen LogP contribution in [0.2, 0.25) is 0 Å². The Morgan fingerprint density at radius 2 is 2.25 bits per heavy atom. The van der Waals surface area contributed by atoms with Gasteiger partial charge in [0.25, 0.3) is 10.0 Å². The molecule has 0 aliphatic carbocycles. The Hall–Kier alpha value is -1.83. The molecule has 0 aliphatic heterocycles. The number of aromatic nitrogens is 4. The summed E-state index contributed by atoms with van der Waals surface area (Å²) in [4.78, 5) is 0. The summed E-state index contributed by atoms with van der Waals surface area (Å²) in [5.74, 6) is 0.409. The van der Waals surface area contributed by atoms with Gasteiger partial charge in [-0.3, -0.25) is 14.5 Å². The van der Waals surface area contributed by atoms with Crippen molar-refractivity contribution in [1.29, 1.82) is 0 Å². The zero-order valence-corrected chi connectivity index (χ0v) is 9.61. The van der Waals surface area contributed by atoms with Crippen LogP contribution in [0.25, 0.3) is 0 Å². The Balaban J connectivity index is 2.32. The van der Waals surface area contributed by atoms with Gasteiger partial charge in [-0.15, -0.1) is 0 Å². The van der Waals surface area contributed by atoms with Crippen molar-refractivity contribution in [2.75, 3.05) is 4.72 Å². The van der Waals surface area contributed by atoms with Crippen LogP contribution < -0.4 is 4.72 Å². The van der Waals surface area contributed by atoms with Crippen molar-refractivity contribution in [2.24, 2.45) is 7.05 Å². The van der Waals surface area contributed by atoms with Crippen LogP contribution in [0.3, 0.4) is 0 Å². The summed E-state index contributed by atoms with van der Waals surface area (Å²) in [5.41, 5.74) is 0.741. The topological polar surface area (TPSA) is 92.7 Å². The smallest absolute Gasteiger partial charge is 0.266 e. The van der Waals surface area contributed by atoms with E-state index in [9.17, 15) is 8.42 Å². The molecule has 0 aliphatic rings. The minimum absolute atomic E-state index is 0.0198. The van der Waals surface area contributed by atoms with Crippen LogP contribution >= 0.6 is 0 Å². The molecule has 0 saturated carbocycles. The third-order valence-electron chi connectivity index (χ3n) is 2.01. The fourth-order valence-electron chi connectivity index (χ4n) is 1.29. The standard InChI is InChI=1S/C8H11N5O2S/c1-6-5-7(13(2)11-6)12-16(14,15)8-3-4-9-10-8/h3-5,12H,1-2H3,(H,9,10). The van der Waals surface area contributed by atoms with Gasteiger partial charge in [0.1, 0.15) is 5.82 Å². The summed E-state index contributed by atoms with van der Waals surface area (Å²) in [6.45, 7) is 1.79. The highest BCUT2D eigenvalue weighted by molar-refractivity contribution is 7.92. The molecule has 2 rings (SSSR count). The molecule has 0 spiro atoms. The second kappa shape index (κ2) is 3.63. The highest BCUT2D eigenvalue weighted by atomic mass is 32.2. The summed E-state index contributed by atoms with van der Waals surface area (Å²) in [5, 5.41) is 10.0. The highest BCUT2D eigenvalue weighted by Gasteiger charge is 2.17. The van der Waals surface area contributed by atoms with Crippen LogP contribution in [0.15, 0.2) is 23.4 Å². The first-order valence-electron chi connectivity index (χ1n) is 4.52. The third-order valence-corrected chi connectivity index (χ3v) is 3.29. The fraction of sp³-hybridized carbons (Fsp3) is 0.250. The van der Waals surface area contributed by atoms with Gasteiger partial charge in [-0.05, 0) is 13.0 Å². The Labute approximate surface area is 92.5 Å². The van der Waals surface area contributed by atoms with Crippen molar-refractivity contribution in [3.05, 3.63) is 24.0 Å². The van der Waals surface area contributed by atoms with Crippen molar-refractivity contribution in [3.63, 3.8) is 0 Å². The molecule has 0 saturated heterocycles. The Morgan fingerprint density at radius 1 is 1.50 bits per heavy atom.